The number of carbonyl (C=O) groups excluding carboxylic acids is 1. The molecule has 1 amide bonds. The Morgan fingerprint density at radius 3 is 2.58 bits per heavy atom. The molecule has 2 nitrogen and oxygen atoms in total. The first-order valence-electron chi connectivity index (χ1n) is 8.12. The highest BCUT2D eigenvalue weighted by Gasteiger charge is 2.34. The van der Waals surface area contributed by atoms with Gasteiger partial charge in [0.15, 0.2) is 0 Å². The summed E-state index contributed by atoms with van der Waals surface area (Å²) in [4.78, 5) is 14.6. The van der Waals surface area contributed by atoms with E-state index in [1.54, 1.807) is 0 Å². The summed E-state index contributed by atoms with van der Waals surface area (Å²) in [6.45, 7) is 3.20. The van der Waals surface area contributed by atoms with Gasteiger partial charge in [0.25, 0.3) is 0 Å². The zero-order valence-corrected chi connectivity index (χ0v) is 13.0. The molecule has 1 heterocycles. The number of hydrogen-bond donors (Lipinski definition) is 0. The number of carbonyl (C=O) groups is 1. The third-order valence-electron chi connectivity index (χ3n) is 5.00. The molecule has 2 rings (SSSR count). The van der Waals surface area contributed by atoms with Crippen LogP contribution in [-0.2, 0) is 4.79 Å². The van der Waals surface area contributed by atoms with Gasteiger partial charge in [0.05, 0.1) is 0 Å². The van der Waals surface area contributed by atoms with Crippen molar-refractivity contribution in [2.45, 2.75) is 70.8 Å². The van der Waals surface area contributed by atoms with Gasteiger partial charge in [0.2, 0.25) is 5.91 Å². The molecule has 1 saturated heterocycles. The van der Waals surface area contributed by atoms with E-state index in [0.29, 0.717) is 23.7 Å². The Kier molecular flexibility index (Phi) is 6.00. The van der Waals surface area contributed by atoms with Crippen molar-refractivity contribution in [2.24, 2.45) is 11.8 Å². The molecule has 2 aliphatic rings. The van der Waals surface area contributed by atoms with E-state index in [1.165, 1.54) is 32.1 Å². The zero-order chi connectivity index (χ0) is 13.7. The maximum Gasteiger partial charge on any atom is 0.225 e. The molecular formula is C16H28ClNO. The first-order valence-corrected chi connectivity index (χ1v) is 8.66. The molecular weight excluding hydrogens is 258 g/mol. The third kappa shape index (κ3) is 3.87. The van der Waals surface area contributed by atoms with E-state index in [1.807, 2.05) is 0 Å². The Morgan fingerprint density at radius 2 is 1.95 bits per heavy atom. The Labute approximate surface area is 122 Å². The number of amides is 1. The zero-order valence-electron chi connectivity index (χ0n) is 12.2. The van der Waals surface area contributed by atoms with Crippen LogP contribution in [0.3, 0.4) is 0 Å². The van der Waals surface area contributed by atoms with Gasteiger partial charge >= 0.3 is 0 Å². The first kappa shape index (κ1) is 15.2. The number of likely N-dealkylation sites (tertiary alicyclic amines) is 1. The molecule has 1 aliphatic heterocycles. The van der Waals surface area contributed by atoms with Crippen molar-refractivity contribution in [2.75, 3.05) is 12.4 Å². The quantitative estimate of drug-likeness (QED) is 0.693. The second-order valence-electron chi connectivity index (χ2n) is 6.34. The number of unbranched alkanes of at least 4 members (excludes halogenated alkanes) is 1. The fourth-order valence-corrected chi connectivity index (χ4v) is 4.03. The number of rotatable bonds is 5. The van der Waals surface area contributed by atoms with Crippen LogP contribution in [0.2, 0.25) is 0 Å². The summed E-state index contributed by atoms with van der Waals surface area (Å²) in [5, 5.41) is 0. The molecule has 3 heteroatoms. The lowest BCUT2D eigenvalue weighted by Crippen LogP contribution is -2.41. The van der Waals surface area contributed by atoms with Crippen LogP contribution < -0.4 is 0 Å². The number of halogens is 1. The molecule has 0 aromatic rings. The van der Waals surface area contributed by atoms with Crippen LogP contribution in [0.15, 0.2) is 0 Å². The second kappa shape index (κ2) is 7.52. The van der Waals surface area contributed by atoms with Crippen molar-refractivity contribution in [3.8, 4) is 0 Å². The standard InChI is InChI=1S/C16H28ClNO/c1-2-3-5-13-7-9-14(10-8-13)16(19)18-11-4-6-15(18)12-17/h13-15H,2-12H2,1H3. The normalized spacial score (nSPS) is 31.7. The molecule has 1 atom stereocenters. The average molecular weight is 286 g/mol. The van der Waals surface area contributed by atoms with Crippen molar-refractivity contribution >= 4 is 17.5 Å². The molecule has 1 saturated carbocycles. The van der Waals surface area contributed by atoms with Gasteiger partial charge in [-0.3, -0.25) is 4.79 Å². The van der Waals surface area contributed by atoms with Gasteiger partial charge in [0.1, 0.15) is 0 Å². The molecule has 2 fully saturated rings. The number of hydrogen-bond acceptors (Lipinski definition) is 1. The summed E-state index contributed by atoms with van der Waals surface area (Å²) in [6, 6.07) is 0.312. The Bertz CT molecular complexity index is 286. The molecule has 0 radical (unpaired) electrons. The highest BCUT2D eigenvalue weighted by Crippen LogP contribution is 2.34. The summed E-state index contributed by atoms with van der Waals surface area (Å²) >= 11 is 5.97. The van der Waals surface area contributed by atoms with Crippen molar-refractivity contribution in [3.05, 3.63) is 0 Å². The Hall–Kier alpha value is -0.240. The van der Waals surface area contributed by atoms with Crippen LogP contribution in [0.5, 0.6) is 0 Å². The topological polar surface area (TPSA) is 20.3 Å². The fourth-order valence-electron chi connectivity index (χ4n) is 3.71. The summed E-state index contributed by atoms with van der Waals surface area (Å²) in [7, 11) is 0. The molecule has 0 aromatic carbocycles. The average Bonchev–Trinajstić information content (AvgIpc) is 2.93. The van der Waals surface area contributed by atoms with Crippen molar-refractivity contribution < 1.29 is 4.79 Å². The van der Waals surface area contributed by atoms with Gasteiger partial charge in [-0.15, -0.1) is 11.6 Å². The molecule has 110 valence electrons. The summed E-state index contributed by atoms with van der Waals surface area (Å²) in [5.74, 6) is 2.18. The van der Waals surface area contributed by atoms with Crippen molar-refractivity contribution in [1.29, 1.82) is 0 Å². The monoisotopic (exact) mass is 285 g/mol. The molecule has 0 aromatic heterocycles. The lowest BCUT2D eigenvalue weighted by Gasteiger charge is -2.32. The minimum atomic E-state index is 0.293. The smallest absolute Gasteiger partial charge is 0.225 e. The van der Waals surface area contributed by atoms with Crippen molar-refractivity contribution in [3.63, 3.8) is 0 Å². The fraction of sp³-hybridized carbons (Fsp3) is 0.938. The maximum absolute atomic E-state index is 12.6. The van der Waals surface area contributed by atoms with Gasteiger partial charge < -0.3 is 4.90 Å². The van der Waals surface area contributed by atoms with Crippen LogP contribution in [0, 0.1) is 11.8 Å². The lowest BCUT2D eigenvalue weighted by atomic mass is 9.79. The van der Waals surface area contributed by atoms with Crippen LogP contribution in [0.1, 0.15) is 64.7 Å². The van der Waals surface area contributed by atoms with Gasteiger partial charge in [-0.1, -0.05) is 26.2 Å². The molecule has 0 spiro atoms. The van der Waals surface area contributed by atoms with E-state index in [2.05, 4.69) is 11.8 Å². The third-order valence-corrected chi connectivity index (χ3v) is 5.36. The predicted molar refractivity (Wildman–Crippen MR) is 80.4 cm³/mol. The number of alkyl halides is 1. The van der Waals surface area contributed by atoms with Crippen LogP contribution in [-0.4, -0.2) is 29.3 Å². The van der Waals surface area contributed by atoms with Gasteiger partial charge in [-0.25, -0.2) is 0 Å². The number of nitrogens with zero attached hydrogens (tertiary/aromatic N) is 1. The maximum atomic E-state index is 12.6. The first-order chi connectivity index (χ1) is 9.26. The van der Waals surface area contributed by atoms with Gasteiger partial charge in [-0.05, 0) is 44.4 Å². The molecule has 0 bridgehead atoms. The summed E-state index contributed by atoms with van der Waals surface area (Å²) < 4.78 is 0. The van der Waals surface area contributed by atoms with E-state index >= 15 is 0 Å². The van der Waals surface area contributed by atoms with Crippen molar-refractivity contribution in [1.82, 2.24) is 4.90 Å². The molecule has 1 aliphatic carbocycles. The minimum absolute atomic E-state index is 0.293. The highest BCUT2D eigenvalue weighted by atomic mass is 35.5. The van der Waals surface area contributed by atoms with E-state index in [4.69, 9.17) is 11.6 Å². The SMILES string of the molecule is CCCCC1CCC(C(=O)N2CCCC2CCl)CC1. The van der Waals surface area contributed by atoms with E-state index < -0.39 is 0 Å². The summed E-state index contributed by atoms with van der Waals surface area (Å²) in [5.41, 5.74) is 0. The molecule has 19 heavy (non-hydrogen) atoms. The van der Waals surface area contributed by atoms with Crippen LogP contribution in [0.4, 0.5) is 0 Å². The lowest BCUT2D eigenvalue weighted by molar-refractivity contribution is -0.137. The Balaban J connectivity index is 1.79. The summed E-state index contributed by atoms with van der Waals surface area (Å²) in [6.07, 6.45) is 11.0. The van der Waals surface area contributed by atoms with E-state index in [-0.39, 0.29) is 0 Å². The highest BCUT2D eigenvalue weighted by molar-refractivity contribution is 6.18. The Morgan fingerprint density at radius 1 is 1.21 bits per heavy atom. The predicted octanol–water partition coefficient (Wildman–Crippen LogP) is 4.21. The minimum Gasteiger partial charge on any atom is -0.338 e. The van der Waals surface area contributed by atoms with Gasteiger partial charge in [0, 0.05) is 24.4 Å². The van der Waals surface area contributed by atoms with Crippen LogP contribution in [0.25, 0.3) is 0 Å². The van der Waals surface area contributed by atoms with E-state index in [9.17, 15) is 4.79 Å². The largest absolute Gasteiger partial charge is 0.338 e. The van der Waals surface area contributed by atoms with Gasteiger partial charge in [-0.2, -0.15) is 0 Å². The van der Waals surface area contributed by atoms with Crippen LogP contribution >= 0.6 is 11.6 Å². The van der Waals surface area contributed by atoms with E-state index in [0.717, 1.165) is 38.1 Å². The molecule has 1 unspecified atom stereocenters. The second-order valence-corrected chi connectivity index (χ2v) is 6.65. The molecule has 0 N–H and O–H groups in total.